The molecule has 0 aliphatic heterocycles. The predicted octanol–water partition coefficient (Wildman–Crippen LogP) is -0.0481. The third-order valence-electron chi connectivity index (χ3n) is 0.889. The molecule has 0 unspecified atom stereocenters. The molecule has 0 fully saturated rings. The Balaban J connectivity index is 0. The maximum absolute atomic E-state index is 10.3. The highest BCUT2D eigenvalue weighted by Gasteiger charge is 1.88. The number of carboxylic acid groups (broad SMARTS) is 2. The molecule has 0 aliphatic carbocycles. The minimum absolute atomic E-state index is 0.241. The Morgan fingerprint density at radius 1 is 1.06 bits per heavy atom. The van der Waals surface area contributed by atoms with E-state index >= 15 is 0 Å². The van der Waals surface area contributed by atoms with Gasteiger partial charge >= 0.3 is 11.9 Å². The number of hydrogen-bond acceptors (Lipinski definition) is 4. The SMILES string of the molecule is CC=CC(=O)NOC.O=C(O)/C=C\C(=O)O. The van der Waals surface area contributed by atoms with Crippen LogP contribution in [0.3, 0.4) is 0 Å². The molecule has 7 nitrogen and oxygen atoms in total. The molecule has 0 radical (unpaired) electrons. The van der Waals surface area contributed by atoms with E-state index in [1.807, 2.05) is 0 Å². The van der Waals surface area contributed by atoms with Crippen LogP contribution in [-0.4, -0.2) is 35.2 Å². The minimum atomic E-state index is -1.26. The van der Waals surface area contributed by atoms with Gasteiger partial charge in [0.2, 0.25) is 0 Å². The largest absolute Gasteiger partial charge is 0.478 e. The summed E-state index contributed by atoms with van der Waals surface area (Å²) in [6.07, 6.45) is 4.13. The summed E-state index contributed by atoms with van der Waals surface area (Å²) in [6.45, 7) is 1.76. The number of hydrogen-bond donors (Lipinski definition) is 3. The van der Waals surface area contributed by atoms with E-state index < -0.39 is 11.9 Å². The molecule has 0 aromatic carbocycles. The van der Waals surface area contributed by atoms with Crippen LogP contribution < -0.4 is 5.48 Å². The van der Waals surface area contributed by atoms with E-state index in [4.69, 9.17) is 10.2 Å². The molecule has 3 N–H and O–H groups in total. The van der Waals surface area contributed by atoms with Gasteiger partial charge in [0.25, 0.3) is 5.91 Å². The summed E-state index contributed by atoms with van der Waals surface area (Å²) in [4.78, 5) is 33.7. The van der Waals surface area contributed by atoms with Crippen molar-refractivity contribution < 1.29 is 29.4 Å². The number of rotatable bonds is 4. The normalized spacial score (nSPS) is 9.62. The molecule has 0 saturated carbocycles. The molecular weight excluding hydrogens is 218 g/mol. The number of carbonyl (C=O) groups excluding carboxylic acids is 1. The zero-order valence-corrected chi connectivity index (χ0v) is 8.84. The van der Waals surface area contributed by atoms with Crippen molar-refractivity contribution in [2.45, 2.75) is 6.92 Å². The first kappa shape index (κ1) is 16.3. The van der Waals surface area contributed by atoms with E-state index in [0.29, 0.717) is 12.2 Å². The second-order valence-electron chi connectivity index (χ2n) is 2.18. The van der Waals surface area contributed by atoms with Gasteiger partial charge in [0.1, 0.15) is 0 Å². The average molecular weight is 231 g/mol. The van der Waals surface area contributed by atoms with Crippen LogP contribution in [0.4, 0.5) is 0 Å². The highest BCUT2D eigenvalue weighted by molar-refractivity contribution is 5.89. The first-order chi connectivity index (χ1) is 7.43. The Hall–Kier alpha value is -2.15. The fraction of sp³-hybridized carbons (Fsp3) is 0.222. The van der Waals surface area contributed by atoms with Gasteiger partial charge in [0, 0.05) is 18.2 Å². The number of aliphatic carboxylic acids is 2. The van der Waals surface area contributed by atoms with E-state index in [1.54, 1.807) is 13.0 Å². The lowest BCUT2D eigenvalue weighted by Gasteiger charge is -1.92. The molecule has 0 aromatic heterocycles. The van der Waals surface area contributed by atoms with E-state index in [9.17, 15) is 14.4 Å². The molecule has 1 amide bonds. The first-order valence-corrected chi connectivity index (χ1v) is 4.03. The summed E-state index contributed by atoms with van der Waals surface area (Å²) in [5.41, 5.74) is 2.12. The molecule has 0 atom stereocenters. The molecule has 0 aliphatic rings. The lowest BCUT2D eigenvalue weighted by atomic mass is 10.5. The van der Waals surface area contributed by atoms with Gasteiger partial charge in [-0.3, -0.25) is 9.63 Å². The van der Waals surface area contributed by atoms with Crippen molar-refractivity contribution in [3.05, 3.63) is 24.3 Å². The van der Waals surface area contributed by atoms with E-state index in [2.05, 4.69) is 10.3 Å². The van der Waals surface area contributed by atoms with Gasteiger partial charge in [-0.25, -0.2) is 15.1 Å². The summed E-state index contributed by atoms with van der Waals surface area (Å²) < 4.78 is 0. The molecular formula is C9H13NO6. The van der Waals surface area contributed by atoms with Crippen molar-refractivity contribution in [1.29, 1.82) is 0 Å². The van der Waals surface area contributed by atoms with Gasteiger partial charge in [-0.05, 0) is 6.92 Å². The Labute approximate surface area is 92.0 Å². The number of carboxylic acids is 2. The number of nitrogens with one attached hydrogen (secondary N) is 1. The lowest BCUT2D eigenvalue weighted by molar-refractivity contribution is -0.134. The fourth-order valence-electron chi connectivity index (χ4n) is 0.429. The van der Waals surface area contributed by atoms with Crippen LogP contribution >= 0.6 is 0 Å². The predicted molar refractivity (Wildman–Crippen MR) is 54.4 cm³/mol. The van der Waals surface area contributed by atoms with Crippen LogP contribution in [0.25, 0.3) is 0 Å². The van der Waals surface area contributed by atoms with Crippen molar-refractivity contribution in [2.75, 3.05) is 7.11 Å². The molecule has 90 valence electrons. The van der Waals surface area contributed by atoms with Gasteiger partial charge in [-0.1, -0.05) is 6.08 Å². The Bertz CT molecular complexity index is 278. The molecule has 7 heteroatoms. The number of allylic oxidation sites excluding steroid dienone is 1. The Morgan fingerprint density at radius 2 is 1.50 bits per heavy atom. The van der Waals surface area contributed by atoms with Crippen molar-refractivity contribution in [1.82, 2.24) is 5.48 Å². The third kappa shape index (κ3) is 17.8. The summed E-state index contributed by atoms with van der Waals surface area (Å²) in [5.74, 6) is -2.75. The third-order valence-corrected chi connectivity index (χ3v) is 0.889. The van der Waals surface area contributed by atoms with Crippen LogP contribution in [0.15, 0.2) is 24.3 Å². The summed E-state index contributed by atoms with van der Waals surface area (Å²) in [5, 5.41) is 15.6. The van der Waals surface area contributed by atoms with Crippen LogP contribution in [0.1, 0.15) is 6.92 Å². The van der Waals surface area contributed by atoms with Crippen molar-refractivity contribution in [3.63, 3.8) is 0 Å². The van der Waals surface area contributed by atoms with Crippen molar-refractivity contribution >= 4 is 17.8 Å². The Kier molecular flexibility index (Phi) is 11.1. The number of hydroxylamine groups is 1. The standard InChI is InChI=1S/C5H9NO2.C4H4O4/c1-3-4-5(7)6-8-2;5-3(6)1-2-4(7)8/h3-4H,1-2H3,(H,6,7);1-2H,(H,5,6)(H,7,8)/b;2-1-. The maximum Gasteiger partial charge on any atom is 0.328 e. The first-order valence-electron chi connectivity index (χ1n) is 4.03. The molecule has 0 heterocycles. The smallest absolute Gasteiger partial charge is 0.328 e. The second kappa shape index (κ2) is 10.9. The van der Waals surface area contributed by atoms with Crippen LogP contribution in [0.2, 0.25) is 0 Å². The highest BCUT2D eigenvalue weighted by atomic mass is 16.6. The molecule has 0 bridgehead atoms. The second-order valence-corrected chi connectivity index (χ2v) is 2.18. The van der Waals surface area contributed by atoms with Crippen molar-refractivity contribution in [2.24, 2.45) is 0 Å². The van der Waals surface area contributed by atoms with E-state index in [1.165, 1.54) is 13.2 Å². The lowest BCUT2D eigenvalue weighted by Crippen LogP contribution is -2.18. The summed E-state index contributed by atoms with van der Waals surface area (Å²) >= 11 is 0. The van der Waals surface area contributed by atoms with Crippen LogP contribution in [0, 0.1) is 0 Å². The minimum Gasteiger partial charge on any atom is -0.478 e. The van der Waals surface area contributed by atoms with Gasteiger partial charge in [0.05, 0.1) is 7.11 Å². The average Bonchev–Trinajstić information content (AvgIpc) is 2.16. The summed E-state index contributed by atoms with van der Waals surface area (Å²) in [7, 11) is 1.39. The number of carbonyl (C=O) groups is 3. The highest BCUT2D eigenvalue weighted by Crippen LogP contribution is 1.70. The van der Waals surface area contributed by atoms with E-state index in [0.717, 1.165) is 0 Å². The molecule has 0 aromatic rings. The van der Waals surface area contributed by atoms with Crippen LogP contribution in [0.5, 0.6) is 0 Å². The summed E-state index contributed by atoms with van der Waals surface area (Å²) in [6, 6.07) is 0. The molecule has 16 heavy (non-hydrogen) atoms. The zero-order chi connectivity index (χ0) is 13.0. The zero-order valence-electron chi connectivity index (χ0n) is 8.84. The van der Waals surface area contributed by atoms with Crippen molar-refractivity contribution in [3.8, 4) is 0 Å². The topological polar surface area (TPSA) is 113 Å². The monoisotopic (exact) mass is 231 g/mol. The van der Waals surface area contributed by atoms with Crippen LogP contribution in [-0.2, 0) is 19.2 Å². The fourth-order valence-corrected chi connectivity index (χ4v) is 0.429. The van der Waals surface area contributed by atoms with Gasteiger partial charge in [-0.2, -0.15) is 0 Å². The maximum atomic E-state index is 10.3. The van der Waals surface area contributed by atoms with Gasteiger partial charge in [0.15, 0.2) is 0 Å². The molecule has 0 rings (SSSR count). The van der Waals surface area contributed by atoms with E-state index in [-0.39, 0.29) is 5.91 Å². The molecule has 0 saturated heterocycles. The quantitative estimate of drug-likeness (QED) is 0.462. The Morgan fingerprint density at radius 3 is 1.75 bits per heavy atom. The number of amides is 1. The van der Waals surface area contributed by atoms with Gasteiger partial charge < -0.3 is 10.2 Å². The van der Waals surface area contributed by atoms with Gasteiger partial charge in [-0.15, -0.1) is 0 Å². The molecule has 0 spiro atoms.